The van der Waals surface area contributed by atoms with Gasteiger partial charge < -0.3 is 15.7 Å². The summed E-state index contributed by atoms with van der Waals surface area (Å²) in [6.07, 6.45) is 1.76. The lowest BCUT2D eigenvalue weighted by molar-refractivity contribution is -0.142. The minimum absolute atomic E-state index is 0.253. The first-order valence-electron chi connectivity index (χ1n) is 6.49. The fourth-order valence-electron chi connectivity index (χ4n) is 2.27. The first kappa shape index (κ1) is 13.4. The molecule has 0 spiro atoms. The summed E-state index contributed by atoms with van der Waals surface area (Å²) in [5, 5.41) is 14.7. The van der Waals surface area contributed by atoms with Gasteiger partial charge >= 0.3 is 5.97 Å². The van der Waals surface area contributed by atoms with Gasteiger partial charge in [0.2, 0.25) is 5.91 Å². The van der Waals surface area contributed by atoms with Crippen molar-refractivity contribution in [1.82, 2.24) is 5.32 Å². The molecule has 0 saturated heterocycles. The molecule has 2 rings (SSSR count). The Bertz CT molecular complexity index is 462. The molecule has 1 aliphatic rings. The number of amides is 1. The molecule has 0 saturated carbocycles. The summed E-state index contributed by atoms with van der Waals surface area (Å²) in [7, 11) is 0. The number of carbonyl (C=O) groups excluding carboxylic acids is 1. The summed E-state index contributed by atoms with van der Waals surface area (Å²) < 4.78 is 0. The Morgan fingerprint density at radius 3 is 2.84 bits per heavy atom. The van der Waals surface area contributed by atoms with Crippen molar-refractivity contribution in [2.45, 2.75) is 38.3 Å². The van der Waals surface area contributed by atoms with Crippen LogP contribution in [-0.2, 0) is 16.0 Å². The molecule has 5 heteroatoms. The third-order valence-electron chi connectivity index (χ3n) is 3.28. The number of carbonyl (C=O) groups is 2. The highest BCUT2D eigenvalue weighted by atomic mass is 16.4. The predicted octanol–water partition coefficient (Wildman–Crippen LogP) is 1.39. The summed E-state index contributed by atoms with van der Waals surface area (Å²) in [5.74, 6) is -1.23. The second-order valence-corrected chi connectivity index (χ2v) is 4.75. The average Bonchev–Trinajstić information content (AvgIpc) is 2.81. The fourth-order valence-corrected chi connectivity index (χ4v) is 2.27. The van der Waals surface area contributed by atoms with Gasteiger partial charge in [-0.2, -0.15) is 0 Å². The van der Waals surface area contributed by atoms with E-state index in [1.165, 1.54) is 0 Å². The zero-order valence-electron chi connectivity index (χ0n) is 10.8. The molecule has 5 nitrogen and oxygen atoms in total. The van der Waals surface area contributed by atoms with Crippen molar-refractivity contribution >= 4 is 17.6 Å². The lowest BCUT2D eigenvalue weighted by atomic mass is 10.1. The van der Waals surface area contributed by atoms with E-state index in [9.17, 15) is 9.59 Å². The second kappa shape index (κ2) is 5.73. The third kappa shape index (κ3) is 3.05. The van der Waals surface area contributed by atoms with Gasteiger partial charge in [-0.3, -0.25) is 4.79 Å². The number of para-hydroxylation sites is 1. The van der Waals surface area contributed by atoms with Crippen LogP contribution in [0.25, 0.3) is 0 Å². The standard InChI is InChI=1S/C14H18N2O3/c1-2-5-11(14(18)19)16-13(17)12-8-9-6-3-4-7-10(9)15-12/h3-4,6-7,11-12,15H,2,5,8H2,1H3,(H,16,17)(H,18,19)/t11-,12?/m0/s1. The molecule has 0 aliphatic carbocycles. The first-order valence-corrected chi connectivity index (χ1v) is 6.49. The van der Waals surface area contributed by atoms with Crippen molar-refractivity contribution in [2.75, 3.05) is 5.32 Å². The van der Waals surface area contributed by atoms with Gasteiger partial charge in [0.1, 0.15) is 12.1 Å². The van der Waals surface area contributed by atoms with Crippen LogP contribution in [0.2, 0.25) is 0 Å². The van der Waals surface area contributed by atoms with Crippen molar-refractivity contribution in [3.8, 4) is 0 Å². The van der Waals surface area contributed by atoms with Crippen LogP contribution in [0.5, 0.6) is 0 Å². The van der Waals surface area contributed by atoms with Crippen LogP contribution in [0, 0.1) is 0 Å². The van der Waals surface area contributed by atoms with Crippen molar-refractivity contribution < 1.29 is 14.7 Å². The molecule has 1 aromatic carbocycles. The Labute approximate surface area is 112 Å². The van der Waals surface area contributed by atoms with Crippen LogP contribution in [-0.4, -0.2) is 29.1 Å². The van der Waals surface area contributed by atoms with Gasteiger partial charge in [0.05, 0.1) is 0 Å². The topological polar surface area (TPSA) is 78.4 Å². The summed E-state index contributed by atoms with van der Waals surface area (Å²) in [6, 6.07) is 6.54. The van der Waals surface area contributed by atoms with E-state index in [-0.39, 0.29) is 11.9 Å². The maximum Gasteiger partial charge on any atom is 0.326 e. The van der Waals surface area contributed by atoms with Gasteiger partial charge in [-0.15, -0.1) is 0 Å². The van der Waals surface area contributed by atoms with Gasteiger partial charge in [-0.1, -0.05) is 31.5 Å². The molecule has 102 valence electrons. The lowest BCUT2D eigenvalue weighted by Gasteiger charge is -2.17. The predicted molar refractivity (Wildman–Crippen MR) is 72.0 cm³/mol. The number of anilines is 1. The number of hydrogen-bond acceptors (Lipinski definition) is 3. The Hall–Kier alpha value is -2.04. The summed E-state index contributed by atoms with van der Waals surface area (Å²) in [5.41, 5.74) is 2.04. The molecule has 1 aliphatic heterocycles. The largest absolute Gasteiger partial charge is 0.480 e. The quantitative estimate of drug-likeness (QED) is 0.749. The molecule has 0 radical (unpaired) electrons. The molecule has 3 N–H and O–H groups in total. The van der Waals surface area contributed by atoms with Gasteiger partial charge in [-0.05, 0) is 18.1 Å². The molecule has 0 aromatic heterocycles. The zero-order chi connectivity index (χ0) is 13.8. The number of carboxylic acid groups (broad SMARTS) is 1. The number of rotatable bonds is 5. The number of fused-ring (bicyclic) bond motifs is 1. The van der Waals surface area contributed by atoms with E-state index < -0.39 is 12.0 Å². The van der Waals surface area contributed by atoms with Gasteiger partial charge in [-0.25, -0.2) is 4.79 Å². The molecule has 19 heavy (non-hydrogen) atoms. The number of benzene rings is 1. The highest BCUT2D eigenvalue weighted by Gasteiger charge is 2.29. The Morgan fingerprint density at radius 1 is 1.47 bits per heavy atom. The minimum Gasteiger partial charge on any atom is -0.480 e. The molecule has 1 amide bonds. The van der Waals surface area contributed by atoms with Crippen LogP contribution in [0.3, 0.4) is 0 Å². The summed E-state index contributed by atoms with van der Waals surface area (Å²) in [4.78, 5) is 23.1. The second-order valence-electron chi connectivity index (χ2n) is 4.75. The van der Waals surface area contributed by atoms with Crippen molar-refractivity contribution in [2.24, 2.45) is 0 Å². The number of carboxylic acids is 1. The van der Waals surface area contributed by atoms with Crippen LogP contribution in [0.4, 0.5) is 5.69 Å². The Balaban J connectivity index is 1.97. The molecule has 0 fully saturated rings. The van der Waals surface area contributed by atoms with Crippen LogP contribution >= 0.6 is 0 Å². The smallest absolute Gasteiger partial charge is 0.326 e. The van der Waals surface area contributed by atoms with E-state index in [4.69, 9.17) is 5.11 Å². The van der Waals surface area contributed by atoms with Gasteiger partial charge in [0.25, 0.3) is 0 Å². The SMILES string of the molecule is CCC[C@H](NC(=O)C1Cc2ccccc2N1)C(=O)O. The van der Waals surface area contributed by atoms with E-state index in [2.05, 4.69) is 10.6 Å². The van der Waals surface area contributed by atoms with Crippen molar-refractivity contribution in [3.63, 3.8) is 0 Å². The van der Waals surface area contributed by atoms with E-state index in [1.807, 2.05) is 31.2 Å². The van der Waals surface area contributed by atoms with E-state index >= 15 is 0 Å². The van der Waals surface area contributed by atoms with E-state index in [1.54, 1.807) is 0 Å². The first-order chi connectivity index (χ1) is 9.11. The van der Waals surface area contributed by atoms with Crippen molar-refractivity contribution in [3.05, 3.63) is 29.8 Å². The number of hydrogen-bond donors (Lipinski definition) is 3. The maximum absolute atomic E-state index is 12.1. The van der Waals surface area contributed by atoms with Gasteiger partial charge in [0.15, 0.2) is 0 Å². The lowest BCUT2D eigenvalue weighted by Crippen LogP contribution is -2.47. The molecule has 1 aromatic rings. The van der Waals surface area contributed by atoms with E-state index in [0.29, 0.717) is 12.8 Å². The van der Waals surface area contributed by atoms with Crippen molar-refractivity contribution in [1.29, 1.82) is 0 Å². The Morgan fingerprint density at radius 2 is 2.21 bits per heavy atom. The molecule has 1 heterocycles. The van der Waals surface area contributed by atoms with Crippen LogP contribution in [0.15, 0.2) is 24.3 Å². The molecular formula is C14H18N2O3. The van der Waals surface area contributed by atoms with Crippen LogP contribution in [0.1, 0.15) is 25.3 Å². The van der Waals surface area contributed by atoms with Gasteiger partial charge in [0, 0.05) is 12.1 Å². The average molecular weight is 262 g/mol. The number of aliphatic carboxylic acids is 1. The summed E-state index contributed by atoms with van der Waals surface area (Å²) in [6.45, 7) is 1.89. The Kier molecular flexibility index (Phi) is 4.04. The van der Waals surface area contributed by atoms with Crippen LogP contribution < -0.4 is 10.6 Å². The summed E-state index contributed by atoms with van der Waals surface area (Å²) >= 11 is 0. The molecular weight excluding hydrogens is 244 g/mol. The monoisotopic (exact) mass is 262 g/mol. The zero-order valence-corrected chi connectivity index (χ0v) is 10.8. The van der Waals surface area contributed by atoms with E-state index in [0.717, 1.165) is 17.7 Å². The molecule has 1 unspecified atom stereocenters. The highest BCUT2D eigenvalue weighted by molar-refractivity contribution is 5.90. The third-order valence-corrected chi connectivity index (χ3v) is 3.28. The highest BCUT2D eigenvalue weighted by Crippen LogP contribution is 2.25. The normalized spacial score (nSPS) is 18.3. The molecule has 0 bridgehead atoms. The maximum atomic E-state index is 12.1. The number of nitrogens with one attached hydrogen (secondary N) is 2. The fraction of sp³-hybridized carbons (Fsp3) is 0.429. The minimum atomic E-state index is -0.981. The molecule has 2 atom stereocenters.